The summed E-state index contributed by atoms with van der Waals surface area (Å²) in [4.78, 5) is 51.9. The highest BCUT2D eigenvalue weighted by Crippen LogP contribution is 2.47. The Labute approximate surface area is 240 Å². The van der Waals surface area contributed by atoms with Gasteiger partial charge in [0.1, 0.15) is 35.2 Å². The zero-order valence-corrected chi connectivity index (χ0v) is 22.0. The van der Waals surface area contributed by atoms with E-state index in [1.807, 2.05) is 0 Å². The molecule has 1 aliphatic carbocycles. The standard InChI is InChI=1S/C28H24O15/c29-10-21-24(38)26(39)27(40)23(37)9-18(35)15(32)3-4-22(36)28(27,43-21)42-20-8-13-16(33)6-12(30)7-19(13)41-25(20)11-1-2-14(31)17(34)5-11/h1-2,5-8,21,24,26,29,38-40H,3-4,9-10H2,(H3-,30,31,32,33,34,35)/p+1/t21-,24+,26+,27-,28?/m1/s1. The molecule has 1 unspecified atom stereocenters. The van der Waals surface area contributed by atoms with Crippen LogP contribution in [-0.4, -0.2) is 100 Å². The van der Waals surface area contributed by atoms with Crippen molar-refractivity contribution < 1.29 is 73.9 Å². The molecule has 3 aromatic rings. The molecule has 2 aromatic carbocycles. The van der Waals surface area contributed by atoms with Gasteiger partial charge in [-0.1, -0.05) is 0 Å². The van der Waals surface area contributed by atoms with Gasteiger partial charge in [-0.15, -0.1) is 0 Å². The third-order valence-electron chi connectivity index (χ3n) is 7.44. The molecule has 0 bridgehead atoms. The first-order chi connectivity index (χ1) is 20.2. The normalized spacial score (nSPS) is 28.2. The number of hydrogen-bond donors (Lipinski definition) is 8. The summed E-state index contributed by atoms with van der Waals surface area (Å²) < 4.78 is 17.4. The Hall–Kier alpha value is -4.67. The number of benzene rings is 2. The number of phenolic OH excluding ortho intramolecular Hbond substituents is 4. The van der Waals surface area contributed by atoms with E-state index in [1.54, 1.807) is 0 Å². The minimum Gasteiger partial charge on any atom is -0.507 e. The van der Waals surface area contributed by atoms with Gasteiger partial charge in [-0.3, -0.25) is 19.2 Å². The Kier molecular flexibility index (Phi) is 7.32. The van der Waals surface area contributed by atoms with Gasteiger partial charge in [0, 0.05) is 31.0 Å². The average molecular weight is 601 g/mol. The van der Waals surface area contributed by atoms with Crippen LogP contribution in [0.25, 0.3) is 22.3 Å². The molecule has 1 saturated heterocycles. The molecule has 1 aromatic heterocycles. The Bertz CT molecular complexity index is 1680. The lowest BCUT2D eigenvalue weighted by Gasteiger charge is -2.52. The van der Waals surface area contributed by atoms with Gasteiger partial charge in [-0.25, -0.2) is 4.42 Å². The van der Waals surface area contributed by atoms with Crippen LogP contribution in [0.1, 0.15) is 19.3 Å². The van der Waals surface area contributed by atoms with Crippen LogP contribution in [0.15, 0.2) is 40.8 Å². The monoisotopic (exact) mass is 601 g/mol. The van der Waals surface area contributed by atoms with Crippen molar-refractivity contribution in [2.24, 2.45) is 0 Å². The van der Waals surface area contributed by atoms with Crippen molar-refractivity contribution in [2.75, 3.05) is 6.61 Å². The fraction of sp³-hybridized carbons (Fsp3) is 0.321. The number of aliphatic hydroxyl groups is 4. The fourth-order valence-corrected chi connectivity index (χ4v) is 5.14. The molecule has 2 fully saturated rings. The second kappa shape index (κ2) is 10.6. The van der Waals surface area contributed by atoms with Crippen molar-refractivity contribution in [1.82, 2.24) is 0 Å². The lowest BCUT2D eigenvalue weighted by molar-refractivity contribution is -0.347. The number of carbonyl (C=O) groups is 4. The first-order valence-corrected chi connectivity index (χ1v) is 12.8. The molecule has 8 N–H and O–H groups in total. The number of carbonyl (C=O) groups excluding carboxylic acids is 4. The fourth-order valence-electron chi connectivity index (χ4n) is 5.14. The minimum absolute atomic E-state index is 0.0720. The maximum Gasteiger partial charge on any atom is 0.402 e. The third kappa shape index (κ3) is 4.63. The molecule has 15 heteroatoms. The zero-order chi connectivity index (χ0) is 31.4. The predicted octanol–water partition coefficient (Wildman–Crippen LogP) is -0.417. The molecular formula is C28H25O15+. The van der Waals surface area contributed by atoms with E-state index in [4.69, 9.17) is 13.9 Å². The quantitative estimate of drug-likeness (QED) is 0.0817. The molecule has 0 amide bonds. The van der Waals surface area contributed by atoms with Gasteiger partial charge in [0.05, 0.1) is 24.7 Å². The lowest BCUT2D eigenvalue weighted by Crippen LogP contribution is -2.80. The molecule has 43 heavy (non-hydrogen) atoms. The van der Waals surface area contributed by atoms with Crippen LogP contribution in [0, 0.1) is 0 Å². The lowest BCUT2D eigenvalue weighted by atomic mass is 9.73. The number of ketones is 4. The van der Waals surface area contributed by atoms with E-state index in [1.165, 1.54) is 6.07 Å². The van der Waals surface area contributed by atoms with Crippen molar-refractivity contribution in [3.63, 3.8) is 0 Å². The van der Waals surface area contributed by atoms with Crippen LogP contribution < -0.4 is 4.74 Å². The highest BCUT2D eigenvalue weighted by Gasteiger charge is 2.73. The maximum absolute atomic E-state index is 13.8. The molecule has 2 heterocycles. The van der Waals surface area contributed by atoms with Gasteiger partial charge in [0.15, 0.2) is 23.1 Å². The number of phenols is 4. The van der Waals surface area contributed by atoms with Crippen LogP contribution in [0.3, 0.4) is 0 Å². The van der Waals surface area contributed by atoms with Gasteiger partial charge < -0.3 is 50.3 Å². The molecule has 0 spiro atoms. The number of aromatic hydroxyl groups is 4. The highest BCUT2D eigenvalue weighted by molar-refractivity contribution is 6.41. The number of ether oxygens (including phenoxy) is 2. The first kappa shape index (κ1) is 29.8. The third-order valence-corrected chi connectivity index (χ3v) is 7.44. The van der Waals surface area contributed by atoms with E-state index in [0.29, 0.717) is 0 Å². The van der Waals surface area contributed by atoms with Crippen LogP contribution >= 0.6 is 0 Å². The van der Waals surface area contributed by atoms with Gasteiger partial charge >= 0.3 is 17.1 Å². The Morgan fingerprint density at radius 3 is 2.28 bits per heavy atom. The molecule has 5 atom stereocenters. The average Bonchev–Trinajstić information content (AvgIpc) is 2.98. The van der Waals surface area contributed by atoms with E-state index in [9.17, 15) is 60.0 Å². The topological polar surface area (TPSA) is 260 Å². The summed E-state index contributed by atoms with van der Waals surface area (Å²) in [5.74, 6) is -12.0. The second-order valence-electron chi connectivity index (χ2n) is 10.1. The van der Waals surface area contributed by atoms with E-state index in [2.05, 4.69) is 0 Å². The molecule has 5 rings (SSSR count). The van der Waals surface area contributed by atoms with Gasteiger partial charge in [0.2, 0.25) is 22.9 Å². The van der Waals surface area contributed by atoms with E-state index in [0.717, 1.165) is 30.3 Å². The van der Waals surface area contributed by atoms with Gasteiger partial charge in [-0.2, -0.15) is 0 Å². The van der Waals surface area contributed by atoms with Gasteiger partial charge in [-0.05, 0) is 12.1 Å². The summed E-state index contributed by atoms with van der Waals surface area (Å²) >= 11 is 0. The smallest absolute Gasteiger partial charge is 0.402 e. The van der Waals surface area contributed by atoms with E-state index in [-0.39, 0.29) is 16.5 Å². The maximum atomic E-state index is 13.8. The Morgan fingerprint density at radius 2 is 1.60 bits per heavy atom. The molecule has 15 nitrogen and oxygen atoms in total. The summed E-state index contributed by atoms with van der Waals surface area (Å²) in [5, 5.41) is 83.6. The highest BCUT2D eigenvalue weighted by atomic mass is 16.7. The van der Waals surface area contributed by atoms with E-state index >= 15 is 0 Å². The molecule has 1 saturated carbocycles. The number of fused-ring (bicyclic) bond motifs is 2. The van der Waals surface area contributed by atoms with Crippen LogP contribution in [0.5, 0.6) is 28.7 Å². The molecule has 226 valence electrons. The van der Waals surface area contributed by atoms with Crippen molar-refractivity contribution >= 4 is 34.1 Å². The van der Waals surface area contributed by atoms with Crippen LogP contribution in [0.4, 0.5) is 0 Å². The SMILES string of the molecule is O=C1CCC(=O)C2(Oc3cc4c(O)cc(O)cc4[o+]c3-c3ccc(O)c(O)c3)O[C@H](CO)[C@H](O)[C@H](O)[C@]2(O)C(=O)CC1=O. The van der Waals surface area contributed by atoms with Crippen molar-refractivity contribution in [3.8, 4) is 40.1 Å². The first-order valence-electron chi connectivity index (χ1n) is 12.8. The zero-order valence-electron chi connectivity index (χ0n) is 22.0. The summed E-state index contributed by atoms with van der Waals surface area (Å²) in [6, 6.07) is 6.29. The summed E-state index contributed by atoms with van der Waals surface area (Å²) in [6.45, 7) is -1.07. The molecule has 2 aliphatic rings. The van der Waals surface area contributed by atoms with Crippen LogP contribution in [-0.2, 0) is 23.9 Å². The number of Topliss-reactive ketones (excluding diaryl/α,β-unsaturated/α-hetero) is 4. The Balaban J connectivity index is 1.82. The summed E-state index contributed by atoms with van der Waals surface area (Å²) in [5.41, 5.74) is -3.81. The van der Waals surface area contributed by atoms with Crippen molar-refractivity contribution in [1.29, 1.82) is 0 Å². The molecular weight excluding hydrogens is 576 g/mol. The van der Waals surface area contributed by atoms with Crippen LogP contribution in [0.2, 0.25) is 0 Å². The van der Waals surface area contributed by atoms with Crippen molar-refractivity contribution in [2.45, 2.75) is 49.0 Å². The number of rotatable bonds is 4. The van der Waals surface area contributed by atoms with Gasteiger partial charge in [0.25, 0.3) is 0 Å². The summed E-state index contributed by atoms with van der Waals surface area (Å²) in [6.07, 6.45) is -9.61. The molecule has 0 radical (unpaired) electrons. The van der Waals surface area contributed by atoms with Crippen molar-refractivity contribution in [3.05, 3.63) is 36.4 Å². The second-order valence-corrected chi connectivity index (χ2v) is 10.1. The largest absolute Gasteiger partial charge is 0.507 e. The van der Waals surface area contributed by atoms with E-state index < -0.39 is 113 Å². The number of hydrogen-bond acceptors (Lipinski definition) is 14. The predicted molar refractivity (Wildman–Crippen MR) is 139 cm³/mol. The molecule has 1 aliphatic heterocycles. The Morgan fingerprint density at radius 1 is 0.884 bits per heavy atom. The summed E-state index contributed by atoms with van der Waals surface area (Å²) in [7, 11) is 0. The minimum atomic E-state index is -3.56. The number of aliphatic hydroxyl groups excluding tert-OH is 3.